The minimum absolute atomic E-state index is 0.212. The number of rotatable bonds is 5. The minimum atomic E-state index is -0.212. The second kappa shape index (κ2) is 5.69. The fraction of sp³-hybridized carbons (Fsp3) is 1.00. The molecular formula is C11H24N2O. The average Bonchev–Trinajstić information content (AvgIpc) is 2.50. The molecule has 1 rings (SSSR count). The van der Waals surface area contributed by atoms with E-state index in [1.165, 1.54) is 19.4 Å². The first-order valence-electron chi connectivity index (χ1n) is 5.74. The van der Waals surface area contributed by atoms with Crippen LogP contribution in [0.2, 0.25) is 0 Å². The quantitative estimate of drug-likeness (QED) is 0.710. The second-order valence-corrected chi connectivity index (χ2v) is 4.49. The van der Waals surface area contributed by atoms with Gasteiger partial charge in [-0.15, -0.1) is 0 Å². The molecule has 2 atom stereocenters. The predicted octanol–water partition coefficient (Wildman–Crippen LogP) is 0.783. The number of aliphatic hydroxyl groups is 1. The highest BCUT2D eigenvalue weighted by molar-refractivity contribution is 4.80. The van der Waals surface area contributed by atoms with Gasteiger partial charge in [-0.1, -0.05) is 6.92 Å². The molecule has 0 bridgehead atoms. The molecule has 0 spiro atoms. The lowest BCUT2D eigenvalue weighted by Gasteiger charge is -2.28. The number of likely N-dealkylation sites (tertiary alicyclic amines) is 1. The van der Waals surface area contributed by atoms with Crippen molar-refractivity contribution in [2.45, 2.75) is 38.8 Å². The molecule has 1 saturated heterocycles. The molecule has 0 aromatic carbocycles. The van der Waals surface area contributed by atoms with E-state index < -0.39 is 0 Å². The van der Waals surface area contributed by atoms with Crippen LogP contribution in [0.1, 0.15) is 26.7 Å². The number of likely N-dealkylation sites (N-methyl/N-ethyl adjacent to an activating group) is 2. The van der Waals surface area contributed by atoms with Gasteiger partial charge in [0.1, 0.15) is 0 Å². The fourth-order valence-corrected chi connectivity index (χ4v) is 2.40. The van der Waals surface area contributed by atoms with Crippen LogP contribution in [0, 0.1) is 0 Å². The Bertz CT molecular complexity index is 161. The highest BCUT2D eigenvalue weighted by atomic mass is 16.3. The minimum Gasteiger partial charge on any atom is -0.392 e. The molecule has 0 aliphatic carbocycles. The van der Waals surface area contributed by atoms with Crippen LogP contribution in [0.5, 0.6) is 0 Å². The molecule has 0 aromatic rings. The van der Waals surface area contributed by atoms with Gasteiger partial charge in [0.05, 0.1) is 6.10 Å². The highest BCUT2D eigenvalue weighted by Crippen LogP contribution is 2.17. The summed E-state index contributed by atoms with van der Waals surface area (Å²) in [5, 5.41) is 9.26. The summed E-state index contributed by atoms with van der Waals surface area (Å²) < 4.78 is 0. The van der Waals surface area contributed by atoms with Gasteiger partial charge in [-0.05, 0) is 39.9 Å². The normalized spacial score (nSPS) is 25.9. The van der Waals surface area contributed by atoms with Crippen molar-refractivity contribution in [2.75, 3.05) is 33.2 Å². The SMILES string of the molecule is CCN1CCCC1CN(C)C[C@H](C)O. The number of aliphatic hydroxyl groups excluding tert-OH is 1. The van der Waals surface area contributed by atoms with Crippen LogP contribution in [0.25, 0.3) is 0 Å². The third-order valence-electron chi connectivity index (χ3n) is 3.00. The largest absolute Gasteiger partial charge is 0.392 e. The molecule has 84 valence electrons. The molecule has 14 heavy (non-hydrogen) atoms. The Labute approximate surface area is 87.7 Å². The van der Waals surface area contributed by atoms with Crippen molar-refractivity contribution in [2.24, 2.45) is 0 Å². The Kier molecular flexibility index (Phi) is 4.85. The molecule has 0 aromatic heterocycles. The summed E-state index contributed by atoms with van der Waals surface area (Å²) >= 11 is 0. The molecule has 0 radical (unpaired) electrons. The Hall–Kier alpha value is -0.120. The lowest BCUT2D eigenvalue weighted by Crippen LogP contribution is -2.40. The van der Waals surface area contributed by atoms with Gasteiger partial charge in [-0.25, -0.2) is 0 Å². The van der Waals surface area contributed by atoms with Crippen molar-refractivity contribution >= 4 is 0 Å². The molecule has 0 amide bonds. The summed E-state index contributed by atoms with van der Waals surface area (Å²) in [5.74, 6) is 0. The molecule has 1 heterocycles. The van der Waals surface area contributed by atoms with Crippen molar-refractivity contribution in [1.29, 1.82) is 0 Å². The van der Waals surface area contributed by atoms with Crippen LogP contribution in [0.15, 0.2) is 0 Å². The summed E-state index contributed by atoms with van der Waals surface area (Å²) in [4.78, 5) is 4.78. The van der Waals surface area contributed by atoms with Crippen molar-refractivity contribution in [3.05, 3.63) is 0 Å². The van der Waals surface area contributed by atoms with E-state index in [1.54, 1.807) is 0 Å². The average molecular weight is 200 g/mol. The number of hydrogen-bond donors (Lipinski definition) is 1. The number of nitrogens with zero attached hydrogens (tertiary/aromatic N) is 2. The van der Waals surface area contributed by atoms with Crippen molar-refractivity contribution < 1.29 is 5.11 Å². The summed E-state index contributed by atoms with van der Waals surface area (Å²) in [6, 6.07) is 0.712. The van der Waals surface area contributed by atoms with Crippen molar-refractivity contribution in [3.8, 4) is 0 Å². The van der Waals surface area contributed by atoms with E-state index in [9.17, 15) is 5.11 Å². The summed E-state index contributed by atoms with van der Waals surface area (Å²) in [6.45, 7) is 8.37. The van der Waals surface area contributed by atoms with E-state index >= 15 is 0 Å². The zero-order valence-corrected chi connectivity index (χ0v) is 9.74. The Balaban J connectivity index is 2.28. The van der Waals surface area contributed by atoms with E-state index in [2.05, 4.69) is 23.8 Å². The maximum Gasteiger partial charge on any atom is 0.0638 e. The first-order valence-corrected chi connectivity index (χ1v) is 5.74. The Morgan fingerprint density at radius 1 is 1.57 bits per heavy atom. The molecule has 1 aliphatic heterocycles. The Morgan fingerprint density at radius 2 is 2.29 bits per heavy atom. The zero-order valence-electron chi connectivity index (χ0n) is 9.74. The standard InChI is InChI=1S/C11H24N2O/c1-4-13-7-5-6-11(13)9-12(3)8-10(2)14/h10-11,14H,4-9H2,1-3H3/t10-,11?/m0/s1. The highest BCUT2D eigenvalue weighted by Gasteiger charge is 2.23. The van der Waals surface area contributed by atoms with Crippen LogP contribution in [0.3, 0.4) is 0 Å². The van der Waals surface area contributed by atoms with Gasteiger partial charge in [-0.3, -0.25) is 4.90 Å². The molecule has 1 fully saturated rings. The molecule has 0 saturated carbocycles. The van der Waals surface area contributed by atoms with Gasteiger partial charge >= 0.3 is 0 Å². The van der Waals surface area contributed by atoms with E-state index in [4.69, 9.17) is 0 Å². The third-order valence-corrected chi connectivity index (χ3v) is 3.00. The predicted molar refractivity (Wildman–Crippen MR) is 59.4 cm³/mol. The van der Waals surface area contributed by atoms with Gasteiger partial charge in [0.25, 0.3) is 0 Å². The Morgan fingerprint density at radius 3 is 2.86 bits per heavy atom. The van der Waals surface area contributed by atoms with E-state index in [0.717, 1.165) is 19.6 Å². The smallest absolute Gasteiger partial charge is 0.0638 e. The van der Waals surface area contributed by atoms with Crippen LogP contribution in [-0.4, -0.2) is 60.3 Å². The first-order chi connectivity index (χ1) is 6.63. The first kappa shape index (κ1) is 12.0. The van der Waals surface area contributed by atoms with Gasteiger partial charge in [-0.2, -0.15) is 0 Å². The zero-order chi connectivity index (χ0) is 10.6. The van der Waals surface area contributed by atoms with Gasteiger partial charge < -0.3 is 10.0 Å². The van der Waals surface area contributed by atoms with E-state index in [0.29, 0.717) is 6.04 Å². The van der Waals surface area contributed by atoms with Crippen molar-refractivity contribution in [1.82, 2.24) is 9.80 Å². The molecule has 3 nitrogen and oxygen atoms in total. The van der Waals surface area contributed by atoms with Gasteiger partial charge in [0.15, 0.2) is 0 Å². The van der Waals surface area contributed by atoms with E-state index in [1.807, 2.05) is 6.92 Å². The maximum absolute atomic E-state index is 9.26. The number of hydrogen-bond acceptors (Lipinski definition) is 3. The lowest BCUT2D eigenvalue weighted by atomic mass is 10.2. The maximum atomic E-state index is 9.26. The summed E-state index contributed by atoms with van der Waals surface area (Å²) in [5.41, 5.74) is 0. The van der Waals surface area contributed by atoms with E-state index in [-0.39, 0.29) is 6.10 Å². The molecule has 1 N–H and O–H groups in total. The molecular weight excluding hydrogens is 176 g/mol. The van der Waals surface area contributed by atoms with Crippen LogP contribution < -0.4 is 0 Å². The van der Waals surface area contributed by atoms with Crippen molar-refractivity contribution in [3.63, 3.8) is 0 Å². The second-order valence-electron chi connectivity index (χ2n) is 4.49. The summed E-state index contributed by atoms with van der Waals surface area (Å²) in [6.07, 6.45) is 2.44. The fourth-order valence-electron chi connectivity index (χ4n) is 2.40. The van der Waals surface area contributed by atoms with Crippen LogP contribution in [0.4, 0.5) is 0 Å². The molecule has 3 heteroatoms. The van der Waals surface area contributed by atoms with Gasteiger partial charge in [0, 0.05) is 19.1 Å². The van der Waals surface area contributed by atoms with Crippen LogP contribution >= 0.6 is 0 Å². The molecule has 1 unspecified atom stereocenters. The summed E-state index contributed by atoms with van der Waals surface area (Å²) in [7, 11) is 2.10. The van der Waals surface area contributed by atoms with Gasteiger partial charge in [0.2, 0.25) is 0 Å². The topological polar surface area (TPSA) is 26.7 Å². The molecule has 1 aliphatic rings. The monoisotopic (exact) mass is 200 g/mol. The lowest BCUT2D eigenvalue weighted by molar-refractivity contribution is 0.121. The van der Waals surface area contributed by atoms with Crippen LogP contribution in [-0.2, 0) is 0 Å². The third kappa shape index (κ3) is 3.56.